The minimum atomic E-state index is -0.466. The van der Waals surface area contributed by atoms with Gasteiger partial charge in [0.15, 0.2) is 0 Å². The predicted octanol–water partition coefficient (Wildman–Crippen LogP) is 1.76. The second kappa shape index (κ2) is 4.23. The summed E-state index contributed by atoms with van der Waals surface area (Å²) >= 11 is 0. The number of aliphatic hydroxyl groups excluding tert-OH is 1. The van der Waals surface area contributed by atoms with Crippen LogP contribution in [0.2, 0.25) is 0 Å². The molecule has 0 saturated heterocycles. The normalized spacial score (nSPS) is 12.6. The summed E-state index contributed by atoms with van der Waals surface area (Å²) in [6.45, 7) is 1.66. The maximum Gasteiger partial charge on any atom is 0.127 e. The van der Waals surface area contributed by atoms with Crippen molar-refractivity contribution in [3.63, 3.8) is 0 Å². The van der Waals surface area contributed by atoms with E-state index >= 15 is 0 Å². The maximum absolute atomic E-state index is 12.9. The molecule has 1 aromatic rings. The molecule has 0 radical (unpaired) electrons. The van der Waals surface area contributed by atoms with Gasteiger partial charge < -0.3 is 9.84 Å². The molecule has 0 aromatic heterocycles. The Morgan fingerprint density at radius 1 is 1.46 bits per heavy atom. The van der Waals surface area contributed by atoms with E-state index in [4.69, 9.17) is 9.84 Å². The lowest BCUT2D eigenvalue weighted by Crippen LogP contribution is -2.04. The first-order valence-corrected chi connectivity index (χ1v) is 4.13. The van der Waals surface area contributed by atoms with Gasteiger partial charge in [0.05, 0.1) is 13.2 Å². The number of hydrogen-bond acceptors (Lipinski definition) is 2. The highest BCUT2D eigenvalue weighted by Crippen LogP contribution is 2.16. The summed E-state index contributed by atoms with van der Waals surface area (Å²) < 4.78 is 17.8. The number of aliphatic hydroxyl groups is 1. The van der Waals surface area contributed by atoms with Crippen molar-refractivity contribution in [2.24, 2.45) is 0 Å². The largest absolute Gasteiger partial charge is 0.497 e. The fraction of sp³-hybridized carbons (Fsp3) is 0.400. The van der Waals surface area contributed by atoms with E-state index in [2.05, 4.69) is 0 Å². The van der Waals surface area contributed by atoms with Crippen LogP contribution < -0.4 is 4.74 Å². The number of hydrogen-bond donors (Lipinski definition) is 1. The first-order chi connectivity index (χ1) is 6.11. The quantitative estimate of drug-likeness (QED) is 0.775. The lowest BCUT2D eigenvalue weighted by atomic mass is 10.1. The molecule has 2 nitrogen and oxygen atoms in total. The summed E-state index contributed by atoms with van der Waals surface area (Å²) in [5, 5.41) is 9.10. The molecule has 0 saturated carbocycles. The van der Waals surface area contributed by atoms with Gasteiger partial charge >= 0.3 is 0 Å². The maximum atomic E-state index is 12.9. The van der Waals surface area contributed by atoms with Gasteiger partial charge in [-0.1, -0.05) is 0 Å². The highest BCUT2D eigenvalue weighted by Gasteiger charge is 2.03. The second-order valence-corrected chi connectivity index (χ2v) is 3.05. The number of benzene rings is 1. The van der Waals surface area contributed by atoms with Crippen LogP contribution in [0.4, 0.5) is 4.39 Å². The van der Waals surface area contributed by atoms with Crippen LogP contribution in [0.5, 0.6) is 5.75 Å². The summed E-state index contributed by atoms with van der Waals surface area (Å²) in [5.74, 6) is 0.144. The van der Waals surface area contributed by atoms with Crippen molar-refractivity contribution in [2.75, 3.05) is 7.11 Å². The molecule has 3 heteroatoms. The van der Waals surface area contributed by atoms with Crippen LogP contribution in [0.1, 0.15) is 12.5 Å². The van der Waals surface area contributed by atoms with Crippen molar-refractivity contribution in [3.8, 4) is 5.75 Å². The lowest BCUT2D eigenvalue weighted by molar-refractivity contribution is 0.195. The van der Waals surface area contributed by atoms with Crippen LogP contribution in [-0.2, 0) is 6.42 Å². The summed E-state index contributed by atoms with van der Waals surface area (Å²) in [5.41, 5.74) is 0.742. The molecule has 1 aromatic carbocycles. The van der Waals surface area contributed by atoms with Gasteiger partial charge in [0.2, 0.25) is 0 Å². The summed E-state index contributed by atoms with van der Waals surface area (Å²) in [7, 11) is 1.49. The third kappa shape index (κ3) is 3.03. The molecule has 0 spiro atoms. The summed E-state index contributed by atoms with van der Waals surface area (Å²) in [6, 6.07) is 4.43. The fourth-order valence-electron chi connectivity index (χ4n) is 1.20. The second-order valence-electron chi connectivity index (χ2n) is 3.05. The molecule has 0 unspecified atom stereocenters. The topological polar surface area (TPSA) is 29.5 Å². The zero-order valence-electron chi connectivity index (χ0n) is 7.75. The van der Waals surface area contributed by atoms with Crippen LogP contribution in [0.25, 0.3) is 0 Å². The molecule has 72 valence electrons. The van der Waals surface area contributed by atoms with Crippen molar-refractivity contribution < 1.29 is 14.2 Å². The van der Waals surface area contributed by atoms with Gasteiger partial charge in [-0.3, -0.25) is 0 Å². The molecule has 13 heavy (non-hydrogen) atoms. The number of methoxy groups -OCH3 is 1. The molecule has 0 aliphatic rings. The zero-order valence-corrected chi connectivity index (χ0v) is 7.75. The lowest BCUT2D eigenvalue weighted by Gasteiger charge is -2.06. The average Bonchev–Trinajstić information content (AvgIpc) is 2.01. The third-order valence-corrected chi connectivity index (χ3v) is 1.70. The predicted molar refractivity (Wildman–Crippen MR) is 48.3 cm³/mol. The van der Waals surface area contributed by atoms with Crippen molar-refractivity contribution in [3.05, 3.63) is 29.6 Å². The van der Waals surface area contributed by atoms with E-state index < -0.39 is 6.10 Å². The molecular formula is C10H13FO2. The molecule has 0 bridgehead atoms. The Morgan fingerprint density at radius 3 is 2.69 bits per heavy atom. The third-order valence-electron chi connectivity index (χ3n) is 1.70. The smallest absolute Gasteiger partial charge is 0.127 e. The molecule has 1 atom stereocenters. The van der Waals surface area contributed by atoms with Gasteiger partial charge in [0.1, 0.15) is 11.6 Å². The monoisotopic (exact) mass is 184 g/mol. The number of ether oxygens (including phenoxy) is 1. The fourth-order valence-corrected chi connectivity index (χ4v) is 1.20. The van der Waals surface area contributed by atoms with Crippen LogP contribution in [-0.4, -0.2) is 18.3 Å². The minimum absolute atomic E-state index is 0.338. The standard InChI is InChI=1S/C10H13FO2/c1-7(12)3-8-4-9(11)6-10(5-8)13-2/h4-7,12H,3H2,1-2H3/t7-/m0/s1. The average molecular weight is 184 g/mol. The SMILES string of the molecule is COc1cc(F)cc(C[C@H](C)O)c1. The van der Waals surface area contributed by atoms with E-state index in [1.165, 1.54) is 19.2 Å². The Labute approximate surface area is 77.0 Å². The molecule has 0 aliphatic heterocycles. The van der Waals surface area contributed by atoms with Gasteiger partial charge in [-0.15, -0.1) is 0 Å². The number of rotatable bonds is 3. The zero-order chi connectivity index (χ0) is 9.84. The molecule has 1 N–H and O–H groups in total. The van der Waals surface area contributed by atoms with Gasteiger partial charge in [-0.25, -0.2) is 4.39 Å². The van der Waals surface area contributed by atoms with Crippen molar-refractivity contribution in [1.82, 2.24) is 0 Å². The molecule has 0 amide bonds. The highest BCUT2D eigenvalue weighted by atomic mass is 19.1. The minimum Gasteiger partial charge on any atom is -0.497 e. The molecule has 0 heterocycles. The van der Waals surface area contributed by atoms with Gasteiger partial charge in [0.25, 0.3) is 0 Å². The Kier molecular flexibility index (Phi) is 3.25. The van der Waals surface area contributed by atoms with Crippen LogP contribution in [0.15, 0.2) is 18.2 Å². The van der Waals surface area contributed by atoms with Crippen molar-refractivity contribution >= 4 is 0 Å². The summed E-state index contributed by atoms with van der Waals surface area (Å²) in [6.07, 6.45) is -0.0276. The van der Waals surface area contributed by atoms with Gasteiger partial charge in [-0.2, -0.15) is 0 Å². The molecule has 0 aliphatic carbocycles. The Morgan fingerprint density at radius 2 is 2.15 bits per heavy atom. The molecule has 1 rings (SSSR count). The van der Waals surface area contributed by atoms with Crippen LogP contribution >= 0.6 is 0 Å². The van der Waals surface area contributed by atoms with E-state index in [0.29, 0.717) is 12.2 Å². The van der Waals surface area contributed by atoms with Crippen LogP contribution in [0.3, 0.4) is 0 Å². The first-order valence-electron chi connectivity index (χ1n) is 4.13. The molecular weight excluding hydrogens is 171 g/mol. The highest BCUT2D eigenvalue weighted by molar-refractivity contribution is 5.29. The Bertz CT molecular complexity index is 284. The van der Waals surface area contributed by atoms with Crippen molar-refractivity contribution in [1.29, 1.82) is 0 Å². The van der Waals surface area contributed by atoms with Gasteiger partial charge in [0, 0.05) is 6.07 Å². The van der Waals surface area contributed by atoms with E-state index in [0.717, 1.165) is 5.56 Å². The summed E-state index contributed by atoms with van der Waals surface area (Å²) in [4.78, 5) is 0. The van der Waals surface area contributed by atoms with E-state index in [1.807, 2.05) is 0 Å². The van der Waals surface area contributed by atoms with E-state index in [1.54, 1.807) is 13.0 Å². The van der Waals surface area contributed by atoms with Crippen LogP contribution in [0, 0.1) is 5.82 Å². The Balaban J connectivity index is 2.88. The van der Waals surface area contributed by atoms with Crippen molar-refractivity contribution in [2.45, 2.75) is 19.4 Å². The number of halogens is 1. The van der Waals surface area contributed by atoms with E-state index in [9.17, 15) is 4.39 Å². The van der Waals surface area contributed by atoms with Gasteiger partial charge in [-0.05, 0) is 31.0 Å². The first kappa shape index (κ1) is 9.99. The Hall–Kier alpha value is -1.09. The molecule has 0 fully saturated rings. The van der Waals surface area contributed by atoms with E-state index in [-0.39, 0.29) is 5.82 Å².